The van der Waals surface area contributed by atoms with E-state index >= 15 is 0 Å². The molecule has 0 saturated carbocycles. The summed E-state index contributed by atoms with van der Waals surface area (Å²) >= 11 is 1.20. The Labute approximate surface area is 246 Å². The number of fused-ring (bicyclic) bond motifs is 2. The Morgan fingerprint density at radius 2 is 1.43 bits per heavy atom. The molecule has 0 saturated heterocycles. The van der Waals surface area contributed by atoms with Crippen LogP contribution in [0.3, 0.4) is 0 Å². The molecule has 0 amide bonds. The predicted octanol–water partition coefficient (Wildman–Crippen LogP) is 4.58. The van der Waals surface area contributed by atoms with Crippen LogP contribution in [0.25, 0.3) is 0 Å². The van der Waals surface area contributed by atoms with E-state index in [4.69, 9.17) is 32.3 Å². The van der Waals surface area contributed by atoms with Gasteiger partial charge in [-0.2, -0.15) is 11.8 Å². The van der Waals surface area contributed by atoms with Crippen LogP contribution in [-0.4, -0.2) is 82.6 Å². The van der Waals surface area contributed by atoms with Crippen LogP contribution >= 0.6 is 27.0 Å². The Morgan fingerprint density at radius 3 is 1.98 bits per heavy atom. The summed E-state index contributed by atoms with van der Waals surface area (Å²) in [6, 6.07) is 6.86. The smallest absolute Gasteiger partial charge is 0.346 e. The summed E-state index contributed by atoms with van der Waals surface area (Å²) in [7, 11) is -1.91. The first-order valence-corrected chi connectivity index (χ1v) is 16.6. The Bertz CT molecular complexity index is 1450. The number of carbonyl (C=O) groups is 4. The number of carbonyl (C=O) groups excluding carboxylic acids is 4. The van der Waals surface area contributed by atoms with Crippen LogP contribution in [0.4, 0.5) is 0 Å². The van der Waals surface area contributed by atoms with Crippen molar-refractivity contribution in [2.75, 3.05) is 53.7 Å². The van der Waals surface area contributed by atoms with E-state index in [1.165, 1.54) is 64.5 Å². The highest BCUT2D eigenvalue weighted by Gasteiger charge is 2.49. The number of hydrogen-bond donors (Lipinski definition) is 0. The molecule has 0 spiro atoms. The molecule has 1 aliphatic rings. The van der Waals surface area contributed by atoms with Gasteiger partial charge < -0.3 is 32.3 Å². The van der Waals surface area contributed by atoms with Gasteiger partial charge >= 0.3 is 27.1 Å². The van der Waals surface area contributed by atoms with Gasteiger partial charge in [-0.05, 0) is 18.2 Å². The second-order valence-electron chi connectivity index (χ2n) is 8.53. The van der Waals surface area contributed by atoms with Crippen molar-refractivity contribution >= 4 is 50.5 Å². The van der Waals surface area contributed by atoms with Crippen LogP contribution in [0, 0.1) is 0 Å². The fourth-order valence-electron chi connectivity index (χ4n) is 4.24. The van der Waals surface area contributed by atoms with Gasteiger partial charge in [-0.1, -0.05) is 12.1 Å². The molecule has 0 N–H and O–H groups in total. The number of thioether (sulfide) groups is 1. The van der Waals surface area contributed by atoms with E-state index in [2.05, 4.69) is 0 Å². The Morgan fingerprint density at radius 1 is 0.833 bits per heavy atom. The second kappa shape index (κ2) is 14.1. The molecule has 0 aromatic heterocycles. The summed E-state index contributed by atoms with van der Waals surface area (Å²) in [5, 5.41) is -1.23. The molecule has 0 bridgehead atoms. The van der Waals surface area contributed by atoms with Crippen molar-refractivity contribution in [3.63, 3.8) is 0 Å². The SMILES string of the molecule is COC(=O)c1cc(OC(C)=O)c2c(c1)C(=O)c1cccc(OCCSCC(P(=O)(OC)OC)P(=O)(OC)OC)c1C2=O. The van der Waals surface area contributed by atoms with E-state index in [-0.39, 0.29) is 57.4 Å². The van der Waals surface area contributed by atoms with Crippen LogP contribution in [-0.2, 0) is 36.8 Å². The minimum atomic E-state index is -3.86. The van der Waals surface area contributed by atoms with Crippen molar-refractivity contribution < 1.29 is 60.6 Å². The van der Waals surface area contributed by atoms with Gasteiger partial charge in [-0.15, -0.1) is 0 Å². The molecule has 0 fully saturated rings. The lowest BCUT2D eigenvalue weighted by molar-refractivity contribution is -0.131. The fourth-order valence-corrected chi connectivity index (χ4v) is 10.7. The summed E-state index contributed by atoms with van der Waals surface area (Å²) in [4.78, 5) is 51.1. The molecule has 0 atom stereocenters. The van der Waals surface area contributed by atoms with Gasteiger partial charge in [-0.25, -0.2) is 4.79 Å². The van der Waals surface area contributed by atoms with Crippen molar-refractivity contribution in [2.24, 2.45) is 0 Å². The largest absolute Gasteiger partial charge is 0.492 e. The van der Waals surface area contributed by atoms with Gasteiger partial charge in [0.05, 0.1) is 30.4 Å². The van der Waals surface area contributed by atoms with Gasteiger partial charge in [0.15, 0.2) is 11.2 Å². The van der Waals surface area contributed by atoms with E-state index in [0.29, 0.717) is 0 Å². The number of rotatable bonds is 14. The number of esters is 2. The van der Waals surface area contributed by atoms with Crippen LogP contribution in [0.2, 0.25) is 0 Å². The maximum atomic E-state index is 13.7. The zero-order chi connectivity index (χ0) is 31.2. The molecular weight excluding hydrogens is 614 g/mol. The molecule has 42 heavy (non-hydrogen) atoms. The standard InChI is InChI=1S/C26H30O13P2S/c1-15(27)39-20-13-16(26(30)33-2)12-18-23(20)25(29)22-17(24(18)28)8-7-9-19(22)38-10-11-42-14-21(40(31,34-3)35-4)41(32,36-5)37-6/h7-9,12-13,21H,10-11,14H2,1-6H3. The molecule has 2 aromatic rings. The van der Waals surface area contributed by atoms with E-state index in [1.54, 1.807) is 0 Å². The highest BCUT2D eigenvalue weighted by Crippen LogP contribution is 2.69. The van der Waals surface area contributed by atoms with Crippen molar-refractivity contribution in [1.29, 1.82) is 0 Å². The van der Waals surface area contributed by atoms with E-state index in [0.717, 1.165) is 20.1 Å². The second-order valence-corrected chi connectivity index (χ2v) is 15.0. The van der Waals surface area contributed by atoms with Crippen molar-refractivity contribution in [3.8, 4) is 11.5 Å². The Hall–Kier alpha value is -2.83. The summed E-state index contributed by atoms with van der Waals surface area (Å²) in [6.45, 7) is 1.14. The number of ketones is 2. The third-order valence-corrected chi connectivity index (χ3v) is 13.3. The maximum Gasteiger partial charge on any atom is 0.346 e. The lowest BCUT2D eigenvalue weighted by Crippen LogP contribution is -2.24. The topological polar surface area (TPSA) is 167 Å². The highest BCUT2D eigenvalue weighted by molar-refractivity contribution is 8.00. The van der Waals surface area contributed by atoms with Gasteiger partial charge in [0.25, 0.3) is 0 Å². The molecule has 0 aliphatic heterocycles. The van der Waals surface area contributed by atoms with Gasteiger partial charge in [0, 0.05) is 58.0 Å². The van der Waals surface area contributed by atoms with E-state index < -0.39 is 44.1 Å². The monoisotopic (exact) mass is 644 g/mol. The molecule has 1 aliphatic carbocycles. The van der Waals surface area contributed by atoms with Gasteiger partial charge in [0.2, 0.25) is 5.78 Å². The first-order chi connectivity index (χ1) is 19.9. The third kappa shape index (κ3) is 6.70. The van der Waals surface area contributed by atoms with Crippen LogP contribution in [0.15, 0.2) is 30.3 Å². The number of hydrogen-bond acceptors (Lipinski definition) is 14. The molecule has 0 unspecified atom stereocenters. The van der Waals surface area contributed by atoms with E-state index in [9.17, 15) is 28.3 Å². The minimum Gasteiger partial charge on any atom is -0.492 e. The average molecular weight is 645 g/mol. The normalized spacial score (nSPS) is 13.0. The first-order valence-electron chi connectivity index (χ1n) is 12.2. The first kappa shape index (κ1) is 33.7. The summed E-state index contributed by atoms with van der Waals surface area (Å²) in [5.74, 6) is -2.67. The van der Waals surface area contributed by atoms with Crippen molar-refractivity contribution in [1.82, 2.24) is 0 Å². The highest BCUT2D eigenvalue weighted by atomic mass is 32.2. The summed E-state index contributed by atoms with van der Waals surface area (Å²) in [6.07, 6.45) is 0. The van der Waals surface area contributed by atoms with Crippen LogP contribution in [0.1, 0.15) is 49.1 Å². The molecule has 0 heterocycles. The zero-order valence-electron chi connectivity index (χ0n) is 23.7. The van der Waals surface area contributed by atoms with Crippen molar-refractivity contribution in [2.45, 2.75) is 12.3 Å². The number of methoxy groups -OCH3 is 1. The molecule has 228 valence electrons. The quantitative estimate of drug-likeness (QED) is 0.103. The van der Waals surface area contributed by atoms with E-state index in [1.807, 2.05) is 0 Å². The van der Waals surface area contributed by atoms with Crippen LogP contribution < -0.4 is 9.47 Å². The Balaban J connectivity index is 1.86. The lowest BCUT2D eigenvalue weighted by Gasteiger charge is -2.28. The summed E-state index contributed by atoms with van der Waals surface area (Å²) < 4.78 is 62.0. The predicted molar refractivity (Wildman–Crippen MR) is 152 cm³/mol. The minimum absolute atomic E-state index is 0.00671. The number of ether oxygens (including phenoxy) is 3. The van der Waals surface area contributed by atoms with Gasteiger partial charge in [-0.3, -0.25) is 23.5 Å². The van der Waals surface area contributed by atoms with Crippen LogP contribution in [0.5, 0.6) is 11.5 Å². The molecule has 2 aromatic carbocycles. The molecular formula is C26H30O13P2S. The fraction of sp³-hybridized carbons (Fsp3) is 0.385. The third-order valence-electron chi connectivity index (χ3n) is 6.25. The maximum absolute atomic E-state index is 13.7. The van der Waals surface area contributed by atoms with Crippen molar-refractivity contribution in [3.05, 3.63) is 58.1 Å². The molecule has 0 radical (unpaired) electrons. The molecule has 13 nitrogen and oxygen atoms in total. The number of benzene rings is 2. The molecule has 16 heteroatoms. The summed E-state index contributed by atoms with van der Waals surface area (Å²) in [5.41, 5.74) is -0.377. The lowest BCUT2D eigenvalue weighted by atomic mass is 9.82. The molecule has 3 rings (SSSR count). The average Bonchev–Trinajstić information content (AvgIpc) is 2.99. The Kier molecular flexibility index (Phi) is 11.3. The van der Waals surface area contributed by atoms with Gasteiger partial charge in [0.1, 0.15) is 11.5 Å². The zero-order valence-corrected chi connectivity index (χ0v) is 26.3.